The fourth-order valence-corrected chi connectivity index (χ4v) is 20.5. The minimum absolute atomic E-state index is 0.0264. The van der Waals surface area contributed by atoms with E-state index in [1.54, 1.807) is 0 Å². The standard InChI is InChI=1S/C11H32O7Si5/c1-10(2)12-22(8)15-19(5)14-20(6)16-23(9,13-11(3)4)18-21(7)17-22/h10-11,19-21H,1-9H3. The minimum Gasteiger partial charge on any atom is -0.420 e. The summed E-state index contributed by atoms with van der Waals surface area (Å²) in [4.78, 5) is 0. The van der Waals surface area contributed by atoms with Gasteiger partial charge in [-0.1, -0.05) is 0 Å². The zero-order valence-electron chi connectivity index (χ0n) is 15.7. The van der Waals surface area contributed by atoms with E-state index in [4.69, 9.17) is 29.4 Å². The Morgan fingerprint density at radius 3 is 1.26 bits per heavy atom. The molecule has 4 unspecified atom stereocenters. The van der Waals surface area contributed by atoms with Gasteiger partial charge in [-0.25, -0.2) is 0 Å². The number of rotatable bonds is 4. The van der Waals surface area contributed by atoms with Crippen LogP contribution in [0.25, 0.3) is 0 Å². The van der Waals surface area contributed by atoms with E-state index in [9.17, 15) is 0 Å². The van der Waals surface area contributed by atoms with Crippen molar-refractivity contribution in [2.45, 2.75) is 72.6 Å². The molecule has 0 aromatic carbocycles. The van der Waals surface area contributed by atoms with E-state index in [2.05, 4.69) is 0 Å². The van der Waals surface area contributed by atoms with Gasteiger partial charge in [0.25, 0.3) is 0 Å². The van der Waals surface area contributed by atoms with E-state index >= 15 is 0 Å². The van der Waals surface area contributed by atoms with Crippen molar-refractivity contribution in [1.82, 2.24) is 0 Å². The predicted octanol–water partition coefficient (Wildman–Crippen LogP) is 1.62. The van der Waals surface area contributed by atoms with Crippen molar-refractivity contribution in [1.29, 1.82) is 0 Å². The van der Waals surface area contributed by atoms with Crippen molar-refractivity contribution < 1.29 is 29.4 Å². The van der Waals surface area contributed by atoms with Crippen LogP contribution in [0.4, 0.5) is 0 Å². The highest BCUT2D eigenvalue weighted by atomic mass is 28.5. The van der Waals surface area contributed by atoms with Crippen LogP contribution in [0.3, 0.4) is 0 Å². The Balaban J connectivity index is 2.98. The molecule has 4 atom stereocenters. The minimum atomic E-state index is -2.79. The second-order valence-corrected chi connectivity index (χ2v) is 18.6. The third kappa shape index (κ3) is 8.15. The summed E-state index contributed by atoms with van der Waals surface area (Å²) in [6, 6.07) is 0. The summed E-state index contributed by atoms with van der Waals surface area (Å²) in [5.41, 5.74) is 0. The quantitative estimate of drug-likeness (QED) is 0.645. The molecule has 0 spiro atoms. The van der Waals surface area contributed by atoms with Crippen LogP contribution in [0.5, 0.6) is 0 Å². The fourth-order valence-electron chi connectivity index (χ4n) is 2.58. The molecule has 0 aromatic heterocycles. The molecule has 0 aliphatic carbocycles. The normalized spacial score (nSPS) is 40.6. The van der Waals surface area contributed by atoms with Gasteiger partial charge in [0.1, 0.15) is 0 Å². The smallest absolute Gasteiger partial charge is 0.420 e. The first kappa shape index (κ1) is 21.8. The van der Waals surface area contributed by atoms with Crippen LogP contribution in [-0.2, 0) is 29.4 Å². The summed E-state index contributed by atoms with van der Waals surface area (Å²) in [6.45, 7) is 17.7. The highest BCUT2D eigenvalue weighted by Gasteiger charge is 2.47. The van der Waals surface area contributed by atoms with Crippen LogP contribution in [0.1, 0.15) is 27.7 Å². The lowest BCUT2D eigenvalue weighted by atomic mass is 10.5. The molecular weight excluding hydrogens is 385 g/mol. The molecule has 23 heavy (non-hydrogen) atoms. The maximum atomic E-state index is 6.16. The van der Waals surface area contributed by atoms with Crippen molar-refractivity contribution >= 4 is 45.5 Å². The van der Waals surface area contributed by atoms with Crippen LogP contribution in [0.2, 0.25) is 32.7 Å². The van der Waals surface area contributed by atoms with Gasteiger partial charge < -0.3 is 29.4 Å². The van der Waals surface area contributed by atoms with E-state index in [0.29, 0.717) is 0 Å². The highest BCUT2D eigenvalue weighted by Crippen LogP contribution is 2.22. The SMILES string of the molecule is CC(C)O[Si]1(C)O[SiH](C)O[SiH](C)O[Si](C)(OC(C)C)O[SiH](C)O1. The lowest BCUT2D eigenvalue weighted by Crippen LogP contribution is -2.59. The molecule has 0 bridgehead atoms. The first-order chi connectivity index (χ1) is 10.4. The largest absolute Gasteiger partial charge is 0.479 e. The van der Waals surface area contributed by atoms with Crippen LogP contribution in [0.15, 0.2) is 0 Å². The first-order valence-electron chi connectivity index (χ1n) is 8.15. The lowest BCUT2D eigenvalue weighted by Gasteiger charge is -2.39. The molecule has 0 amide bonds. The number of hydrogen-bond donors (Lipinski definition) is 0. The van der Waals surface area contributed by atoms with Crippen molar-refractivity contribution in [2.24, 2.45) is 0 Å². The molecule has 1 rings (SSSR count). The van der Waals surface area contributed by atoms with Crippen LogP contribution in [-0.4, -0.2) is 57.7 Å². The molecule has 0 N–H and O–H groups in total. The van der Waals surface area contributed by atoms with Crippen molar-refractivity contribution in [2.75, 3.05) is 0 Å². The van der Waals surface area contributed by atoms with Gasteiger partial charge in [0.05, 0.1) is 0 Å². The summed E-state index contributed by atoms with van der Waals surface area (Å²) >= 11 is 0. The molecule has 0 aromatic rings. The molecule has 12 heteroatoms. The third-order valence-electron chi connectivity index (χ3n) is 2.80. The highest BCUT2D eigenvalue weighted by molar-refractivity contribution is 6.80. The van der Waals surface area contributed by atoms with Gasteiger partial charge in [0, 0.05) is 25.3 Å². The summed E-state index contributed by atoms with van der Waals surface area (Å²) in [6.07, 6.45) is 0.0527. The average molecular weight is 417 g/mol. The predicted molar refractivity (Wildman–Crippen MR) is 100 cm³/mol. The van der Waals surface area contributed by atoms with E-state index in [-0.39, 0.29) is 12.2 Å². The topological polar surface area (TPSA) is 64.6 Å². The monoisotopic (exact) mass is 416 g/mol. The molecule has 1 aliphatic heterocycles. The Kier molecular flexibility index (Phi) is 8.50. The lowest BCUT2D eigenvalue weighted by molar-refractivity contribution is 0.0899. The van der Waals surface area contributed by atoms with Gasteiger partial charge in [-0.3, -0.25) is 0 Å². The third-order valence-corrected chi connectivity index (χ3v) is 19.8. The molecule has 1 saturated heterocycles. The van der Waals surface area contributed by atoms with E-state index < -0.39 is 45.5 Å². The van der Waals surface area contributed by atoms with Crippen LogP contribution in [0, 0.1) is 0 Å². The first-order valence-corrected chi connectivity index (χ1v) is 18.9. The number of hydrogen-bond acceptors (Lipinski definition) is 7. The van der Waals surface area contributed by atoms with Gasteiger partial charge in [-0.2, -0.15) is 0 Å². The molecule has 0 saturated carbocycles. The van der Waals surface area contributed by atoms with Crippen molar-refractivity contribution in [3.63, 3.8) is 0 Å². The summed E-state index contributed by atoms with van der Waals surface area (Å²) in [5, 5.41) is 0. The zero-order chi connectivity index (χ0) is 17.8. The van der Waals surface area contributed by atoms with Crippen molar-refractivity contribution in [3.8, 4) is 0 Å². The maximum absolute atomic E-state index is 6.16. The molecular formula is C11H32O7Si5. The fraction of sp³-hybridized carbons (Fsp3) is 1.00. The molecule has 1 heterocycles. The summed E-state index contributed by atoms with van der Waals surface area (Å²) < 4.78 is 42.5. The zero-order valence-corrected chi connectivity index (χ0v) is 21.2. The Morgan fingerprint density at radius 1 is 0.652 bits per heavy atom. The van der Waals surface area contributed by atoms with Crippen molar-refractivity contribution in [3.05, 3.63) is 0 Å². The van der Waals surface area contributed by atoms with Gasteiger partial charge in [-0.05, 0) is 47.3 Å². The Labute approximate surface area is 147 Å². The Morgan fingerprint density at radius 2 is 0.957 bits per heavy atom. The second-order valence-electron chi connectivity index (χ2n) is 6.37. The van der Waals surface area contributed by atoms with Gasteiger partial charge in [-0.15, -0.1) is 0 Å². The second kappa shape index (κ2) is 8.95. The van der Waals surface area contributed by atoms with Crippen LogP contribution < -0.4 is 0 Å². The average Bonchev–Trinajstić information content (AvgIpc) is 2.20. The molecule has 1 aliphatic rings. The summed E-state index contributed by atoms with van der Waals surface area (Å²) in [5.74, 6) is 0. The molecule has 7 nitrogen and oxygen atoms in total. The summed E-state index contributed by atoms with van der Waals surface area (Å²) in [7, 11) is -11.4. The van der Waals surface area contributed by atoms with E-state index in [1.807, 2.05) is 60.4 Å². The Bertz CT molecular complexity index is 345. The van der Waals surface area contributed by atoms with Gasteiger partial charge >= 0.3 is 45.5 Å². The van der Waals surface area contributed by atoms with Gasteiger partial charge in [0.15, 0.2) is 0 Å². The molecule has 0 radical (unpaired) electrons. The molecule has 1 fully saturated rings. The maximum Gasteiger partial charge on any atom is 0.479 e. The Hall–Kier alpha value is 0.804. The van der Waals surface area contributed by atoms with E-state index in [0.717, 1.165) is 0 Å². The molecule has 138 valence electrons. The van der Waals surface area contributed by atoms with Gasteiger partial charge in [0.2, 0.25) is 0 Å². The van der Waals surface area contributed by atoms with E-state index in [1.165, 1.54) is 0 Å². The van der Waals surface area contributed by atoms with Crippen LogP contribution >= 0.6 is 0 Å².